The molecule has 0 spiro atoms. The highest BCUT2D eigenvalue weighted by molar-refractivity contribution is 4.99. The summed E-state index contributed by atoms with van der Waals surface area (Å²) in [6.45, 7) is 8.69. The van der Waals surface area contributed by atoms with Crippen LogP contribution in [0.25, 0.3) is 0 Å². The lowest BCUT2D eigenvalue weighted by molar-refractivity contribution is -0.278. The van der Waals surface area contributed by atoms with E-state index in [0.29, 0.717) is 11.3 Å². The Balaban J connectivity index is 1.63. The number of fused-ring (bicyclic) bond motifs is 2. The van der Waals surface area contributed by atoms with Crippen molar-refractivity contribution in [2.24, 2.45) is 22.7 Å². The van der Waals surface area contributed by atoms with E-state index in [4.69, 9.17) is 9.47 Å². The molecule has 18 heavy (non-hydrogen) atoms. The third-order valence-corrected chi connectivity index (χ3v) is 6.23. The van der Waals surface area contributed by atoms with E-state index in [0.717, 1.165) is 19.1 Å². The quantitative estimate of drug-likeness (QED) is 0.756. The normalized spacial score (nSPS) is 49.5. The van der Waals surface area contributed by atoms with E-state index in [1.807, 2.05) is 0 Å². The largest absolute Gasteiger partial charge is 0.351 e. The van der Waals surface area contributed by atoms with Gasteiger partial charge in [0.15, 0.2) is 6.29 Å². The minimum absolute atomic E-state index is 0.0992. The third-order valence-electron chi connectivity index (χ3n) is 6.23. The van der Waals surface area contributed by atoms with E-state index in [9.17, 15) is 0 Å². The van der Waals surface area contributed by atoms with Crippen LogP contribution in [0.4, 0.5) is 0 Å². The lowest BCUT2D eigenvalue weighted by Crippen LogP contribution is -2.49. The maximum Gasteiger partial charge on any atom is 0.163 e. The molecular formula is C16H28O2. The first-order chi connectivity index (χ1) is 8.58. The Hall–Kier alpha value is -0.0800. The molecule has 1 atom stereocenters. The summed E-state index contributed by atoms with van der Waals surface area (Å²) in [5, 5.41) is 0. The summed E-state index contributed by atoms with van der Waals surface area (Å²) < 4.78 is 12.4. The molecule has 0 radical (unpaired) electrons. The minimum Gasteiger partial charge on any atom is -0.351 e. The van der Waals surface area contributed by atoms with Crippen LogP contribution in [0.1, 0.15) is 59.3 Å². The van der Waals surface area contributed by atoms with Gasteiger partial charge in [-0.1, -0.05) is 27.2 Å². The Bertz CT molecular complexity index is 296. The molecule has 104 valence electrons. The first-order valence-corrected chi connectivity index (χ1v) is 7.81. The summed E-state index contributed by atoms with van der Waals surface area (Å²) >= 11 is 0. The van der Waals surface area contributed by atoms with Crippen LogP contribution < -0.4 is 0 Å². The molecule has 3 fully saturated rings. The molecule has 0 aromatic carbocycles. The zero-order valence-electron chi connectivity index (χ0n) is 12.2. The SMILES string of the molecule is CCC(C)C1(C)COC(C23CCC(CC2)C3)OC1. The molecule has 2 nitrogen and oxygen atoms in total. The Kier molecular flexibility index (Phi) is 3.22. The van der Waals surface area contributed by atoms with Gasteiger partial charge in [-0.25, -0.2) is 0 Å². The van der Waals surface area contributed by atoms with Crippen molar-refractivity contribution in [1.29, 1.82) is 0 Å². The molecule has 0 N–H and O–H groups in total. The summed E-state index contributed by atoms with van der Waals surface area (Å²) in [4.78, 5) is 0. The second-order valence-electron chi connectivity index (χ2n) is 7.43. The van der Waals surface area contributed by atoms with E-state index in [1.54, 1.807) is 0 Å². The molecule has 3 aliphatic rings. The lowest BCUT2D eigenvalue weighted by atomic mass is 9.76. The first-order valence-electron chi connectivity index (χ1n) is 7.81. The average Bonchev–Trinajstić information content (AvgIpc) is 3.00. The molecule has 1 saturated heterocycles. The Morgan fingerprint density at radius 1 is 1.17 bits per heavy atom. The van der Waals surface area contributed by atoms with Gasteiger partial charge in [0.1, 0.15) is 0 Å². The Labute approximate surface area is 111 Å². The molecule has 0 aromatic heterocycles. The molecule has 1 unspecified atom stereocenters. The topological polar surface area (TPSA) is 18.5 Å². The van der Waals surface area contributed by atoms with Gasteiger partial charge in [-0.2, -0.15) is 0 Å². The van der Waals surface area contributed by atoms with Crippen LogP contribution in [0, 0.1) is 22.7 Å². The maximum atomic E-state index is 6.20. The summed E-state index contributed by atoms with van der Waals surface area (Å²) in [6.07, 6.45) is 8.16. The van der Waals surface area contributed by atoms with Crippen LogP contribution in [0.3, 0.4) is 0 Å². The molecule has 2 saturated carbocycles. The van der Waals surface area contributed by atoms with E-state index < -0.39 is 0 Å². The monoisotopic (exact) mass is 252 g/mol. The fraction of sp³-hybridized carbons (Fsp3) is 1.00. The van der Waals surface area contributed by atoms with Crippen LogP contribution in [0.5, 0.6) is 0 Å². The highest BCUT2D eigenvalue weighted by atomic mass is 16.7. The smallest absolute Gasteiger partial charge is 0.163 e. The molecule has 1 aliphatic heterocycles. The van der Waals surface area contributed by atoms with Crippen LogP contribution in [-0.4, -0.2) is 19.5 Å². The van der Waals surface area contributed by atoms with Crippen molar-refractivity contribution in [3.63, 3.8) is 0 Å². The molecule has 3 rings (SSSR count). The number of hydrogen-bond acceptors (Lipinski definition) is 2. The van der Waals surface area contributed by atoms with Gasteiger partial charge in [0.05, 0.1) is 13.2 Å². The summed E-state index contributed by atoms with van der Waals surface area (Å²) in [5.41, 5.74) is 0.611. The van der Waals surface area contributed by atoms with Crippen molar-refractivity contribution >= 4 is 0 Å². The van der Waals surface area contributed by atoms with Crippen molar-refractivity contribution in [2.45, 2.75) is 65.6 Å². The van der Waals surface area contributed by atoms with E-state index in [-0.39, 0.29) is 11.7 Å². The van der Waals surface area contributed by atoms with E-state index >= 15 is 0 Å². The second-order valence-corrected chi connectivity index (χ2v) is 7.43. The number of rotatable bonds is 3. The van der Waals surface area contributed by atoms with Gasteiger partial charge >= 0.3 is 0 Å². The number of ether oxygens (including phenoxy) is 2. The fourth-order valence-electron chi connectivity index (χ4n) is 4.32. The zero-order valence-corrected chi connectivity index (χ0v) is 12.2. The predicted octanol–water partition coefficient (Wildman–Crippen LogP) is 3.99. The van der Waals surface area contributed by atoms with Crippen molar-refractivity contribution < 1.29 is 9.47 Å². The summed E-state index contributed by atoms with van der Waals surface area (Å²) in [6, 6.07) is 0. The second kappa shape index (κ2) is 4.49. The van der Waals surface area contributed by atoms with Gasteiger partial charge in [-0.15, -0.1) is 0 Å². The third kappa shape index (κ3) is 1.92. The van der Waals surface area contributed by atoms with Crippen molar-refractivity contribution in [3.8, 4) is 0 Å². The Morgan fingerprint density at radius 3 is 2.22 bits per heavy atom. The van der Waals surface area contributed by atoms with Gasteiger partial charge in [-0.05, 0) is 43.9 Å². The average molecular weight is 252 g/mol. The first kappa shape index (κ1) is 12.9. The lowest BCUT2D eigenvalue weighted by Gasteiger charge is -2.46. The van der Waals surface area contributed by atoms with Gasteiger partial charge in [0.2, 0.25) is 0 Å². The molecule has 2 bridgehead atoms. The molecule has 0 aromatic rings. The van der Waals surface area contributed by atoms with Crippen LogP contribution in [-0.2, 0) is 9.47 Å². The number of hydrogen-bond donors (Lipinski definition) is 0. The summed E-state index contributed by atoms with van der Waals surface area (Å²) in [7, 11) is 0. The van der Waals surface area contributed by atoms with Gasteiger partial charge < -0.3 is 9.47 Å². The molecule has 2 heteroatoms. The van der Waals surface area contributed by atoms with Crippen LogP contribution >= 0.6 is 0 Å². The standard InChI is InChI=1S/C16H28O2/c1-4-12(2)15(3)10-17-14(18-11-15)16-7-5-13(9-16)6-8-16/h12-14H,4-11H2,1-3H3. The van der Waals surface area contributed by atoms with E-state index in [1.165, 1.54) is 38.5 Å². The highest BCUT2D eigenvalue weighted by Crippen LogP contribution is 2.57. The summed E-state index contributed by atoms with van der Waals surface area (Å²) in [5.74, 6) is 1.65. The van der Waals surface area contributed by atoms with Gasteiger partial charge in [0, 0.05) is 10.8 Å². The molecule has 0 amide bonds. The van der Waals surface area contributed by atoms with Crippen molar-refractivity contribution in [2.75, 3.05) is 13.2 Å². The fourth-order valence-corrected chi connectivity index (χ4v) is 4.32. The van der Waals surface area contributed by atoms with Crippen molar-refractivity contribution in [1.82, 2.24) is 0 Å². The van der Waals surface area contributed by atoms with Crippen LogP contribution in [0.2, 0.25) is 0 Å². The van der Waals surface area contributed by atoms with Crippen molar-refractivity contribution in [3.05, 3.63) is 0 Å². The zero-order chi connectivity index (χ0) is 12.8. The minimum atomic E-state index is 0.0992. The van der Waals surface area contributed by atoms with Gasteiger partial charge in [-0.3, -0.25) is 0 Å². The van der Waals surface area contributed by atoms with Gasteiger partial charge in [0.25, 0.3) is 0 Å². The predicted molar refractivity (Wildman–Crippen MR) is 72.3 cm³/mol. The van der Waals surface area contributed by atoms with E-state index in [2.05, 4.69) is 20.8 Å². The maximum absolute atomic E-state index is 6.20. The Morgan fingerprint density at radius 2 is 1.78 bits per heavy atom. The molecular weight excluding hydrogens is 224 g/mol. The molecule has 2 aliphatic carbocycles. The highest BCUT2D eigenvalue weighted by Gasteiger charge is 2.53. The molecule has 1 heterocycles. The van der Waals surface area contributed by atoms with Crippen LogP contribution in [0.15, 0.2) is 0 Å².